The van der Waals surface area contributed by atoms with Crippen LogP contribution in [-0.4, -0.2) is 54.4 Å². The molecular weight excluding hydrogens is 442 g/mol. The molecule has 1 aliphatic carbocycles. The molecule has 2 amide bonds. The fourth-order valence-electron chi connectivity index (χ4n) is 3.96. The Morgan fingerprint density at radius 1 is 1.06 bits per heavy atom. The molecule has 0 saturated carbocycles. The summed E-state index contributed by atoms with van der Waals surface area (Å²) in [6.07, 6.45) is -0.714. The fourth-order valence-corrected chi connectivity index (χ4v) is 3.96. The second kappa shape index (κ2) is 10.2. The van der Waals surface area contributed by atoms with Gasteiger partial charge in [0.25, 0.3) is 5.91 Å². The summed E-state index contributed by atoms with van der Waals surface area (Å²) in [7, 11) is 1.32. The van der Waals surface area contributed by atoms with Crippen LogP contribution in [0.3, 0.4) is 0 Å². The average Bonchev–Trinajstić information content (AvgIpc) is 3.45. The van der Waals surface area contributed by atoms with Crippen LogP contribution in [0.15, 0.2) is 59.3 Å². The number of carbonyl (C=O) groups excluding carboxylic acids is 2. The number of alkyl carbamates (subject to hydrolysis) is 1. The quantitative estimate of drug-likeness (QED) is 0.438. The number of methoxy groups -OCH3 is 1. The molecule has 0 saturated heterocycles. The van der Waals surface area contributed by atoms with Gasteiger partial charge >= 0.3 is 12.1 Å². The van der Waals surface area contributed by atoms with Gasteiger partial charge in [-0.2, -0.15) is 0 Å². The second-order valence-electron chi connectivity index (χ2n) is 7.58. The molecule has 2 aromatic carbocycles. The van der Waals surface area contributed by atoms with Crippen LogP contribution in [0.1, 0.15) is 33.3 Å². The molecule has 1 aromatic heterocycles. The molecule has 1 unspecified atom stereocenters. The van der Waals surface area contributed by atoms with Crippen molar-refractivity contribution >= 4 is 18.0 Å². The number of carboxylic acid groups (broad SMARTS) is 1. The largest absolute Gasteiger partial charge is 0.476 e. The molecule has 0 fully saturated rings. The lowest BCUT2D eigenvalue weighted by Gasteiger charge is -2.17. The van der Waals surface area contributed by atoms with E-state index in [2.05, 4.69) is 15.6 Å². The third-order valence-corrected chi connectivity index (χ3v) is 5.62. The van der Waals surface area contributed by atoms with E-state index >= 15 is 0 Å². The highest BCUT2D eigenvalue weighted by Crippen LogP contribution is 2.44. The summed E-state index contributed by atoms with van der Waals surface area (Å²) in [6, 6.07) is 16.0. The van der Waals surface area contributed by atoms with E-state index in [1.54, 1.807) is 0 Å². The van der Waals surface area contributed by atoms with Crippen LogP contribution in [0.5, 0.6) is 0 Å². The van der Waals surface area contributed by atoms with Crippen molar-refractivity contribution in [2.45, 2.75) is 18.6 Å². The van der Waals surface area contributed by atoms with Crippen molar-refractivity contribution < 1.29 is 33.4 Å². The number of hydrogen-bond donors (Lipinski definition) is 3. The van der Waals surface area contributed by atoms with Gasteiger partial charge in [-0.05, 0) is 22.3 Å². The molecule has 1 heterocycles. The van der Waals surface area contributed by atoms with Gasteiger partial charge in [0.1, 0.15) is 6.61 Å². The molecular formula is C24H23N3O7. The highest BCUT2D eigenvalue weighted by molar-refractivity contribution is 5.87. The van der Waals surface area contributed by atoms with Gasteiger partial charge in [-0.25, -0.2) is 14.6 Å². The summed E-state index contributed by atoms with van der Waals surface area (Å²) in [5.74, 6) is -1.90. The van der Waals surface area contributed by atoms with E-state index in [4.69, 9.17) is 19.0 Å². The summed E-state index contributed by atoms with van der Waals surface area (Å²) in [5, 5.41) is 14.1. The highest BCUT2D eigenvalue weighted by atomic mass is 16.5. The van der Waals surface area contributed by atoms with Crippen molar-refractivity contribution in [1.29, 1.82) is 0 Å². The Balaban J connectivity index is 1.29. The van der Waals surface area contributed by atoms with Gasteiger partial charge in [-0.1, -0.05) is 48.5 Å². The van der Waals surface area contributed by atoms with Crippen LogP contribution in [-0.2, 0) is 20.8 Å². The number of carbonyl (C=O) groups is 3. The first-order valence-electron chi connectivity index (χ1n) is 10.5. The number of amides is 2. The van der Waals surface area contributed by atoms with Gasteiger partial charge in [0.2, 0.25) is 0 Å². The molecule has 3 N–H and O–H groups in total. The summed E-state index contributed by atoms with van der Waals surface area (Å²) in [4.78, 5) is 39.3. The van der Waals surface area contributed by atoms with Gasteiger partial charge in [-0.3, -0.25) is 4.79 Å². The number of rotatable bonds is 9. The number of hydrogen-bond acceptors (Lipinski definition) is 7. The minimum Gasteiger partial charge on any atom is -0.476 e. The molecule has 10 nitrogen and oxygen atoms in total. The van der Waals surface area contributed by atoms with Crippen molar-refractivity contribution in [2.75, 3.05) is 20.3 Å². The minimum atomic E-state index is -1.27. The maximum absolute atomic E-state index is 12.4. The zero-order chi connectivity index (χ0) is 24.1. The summed E-state index contributed by atoms with van der Waals surface area (Å²) >= 11 is 0. The van der Waals surface area contributed by atoms with Crippen molar-refractivity contribution in [3.63, 3.8) is 0 Å². The van der Waals surface area contributed by atoms with E-state index in [1.165, 1.54) is 7.11 Å². The Morgan fingerprint density at radius 3 is 2.32 bits per heavy atom. The Hall–Kier alpha value is -4.18. The highest BCUT2D eigenvalue weighted by Gasteiger charge is 2.29. The predicted molar refractivity (Wildman–Crippen MR) is 119 cm³/mol. The Kier molecular flexibility index (Phi) is 6.88. The van der Waals surface area contributed by atoms with Crippen LogP contribution >= 0.6 is 0 Å². The molecule has 10 heteroatoms. The smallest absolute Gasteiger partial charge is 0.407 e. The molecule has 176 valence electrons. The maximum atomic E-state index is 12.4. The number of ether oxygens (including phenoxy) is 2. The molecule has 0 spiro atoms. The number of nitrogens with one attached hydrogen (secondary N) is 2. The minimum absolute atomic E-state index is 0.000183. The second-order valence-corrected chi connectivity index (χ2v) is 7.58. The van der Waals surface area contributed by atoms with E-state index in [0.29, 0.717) is 0 Å². The molecule has 34 heavy (non-hydrogen) atoms. The number of aromatic nitrogens is 1. The first-order chi connectivity index (χ1) is 16.5. The van der Waals surface area contributed by atoms with Crippen LogP contribution in [0.2, 0.25) is 0 Å². The molecule has 0 bridgehead atoms. The first kappa shape index (κ1) is 23.0. The van der Waals surface area contributed by atoms with E-state index < -0.39 is 24.1 Å². The lowest BCUT2D eigenvalue weighted by Crippen LogP contribution is -2.44. The summed E-state index contributed by atoms with van der Waals surface area (Å²) < 4.78 is 15.6. The van der Waals surface area contributed by atoms with E-state index in [1.807, 2.05) is 48.5 Å². The van der Waals surface area contributed by atoms with Gasteiger partial charge in [0.15, 0.2) is 24.0 Å². The monoisotopic (exact) mass is 465 g/mol. The van der Waals surface area contributed by atoms with E-state index in [-0.39, 0.29) is 37.1 Å². The van der Waals surface area contributed by atoms with Gasteiger partial charge in [-0.15, -0.1) is 0 Å². The third kappa shape index (κ3) is 4.76. The average molecular weight is 465 g/mol. The van der Waals surface area contributed by atoms with Crippen LogP contribution in [0.25, 0.3) is 11.1 Å². The topological polar surface area (TPSA) is 140 Å². The van der Waals surface area contributed by atoms with Gasteiger partial charge in [0, 0.05) is 13.0 Å². The lowest BCUT2D eigenvalue weighted by atomic mass is 9.98. The molecule has 3 aromatic rings. The van der Waals surface area contributed by atoms with E-state index in [0.717, 1.165) is 28.6 Å². The molecule has 1 aliphatic rings. The molecule has 0 aliphatic heterocycles. The normalized spacial score (nSPS) is 13.0. The summed E-state index contributed by atoms with van der Waals surface area (Å²) in [6.45, 7) is -0.181. The number of nitrogens with zero attached hydrogens (tertiary/aromatic N) is 1. The molecule has 1 atom stereocenters. The van der Waals surface area contributed by atoms with Gasteiger partial charge in [0.05, 0.1) is 13.1 Å². The number of benzene rings is 2. The number of aromatic carboxylic acids is 1. The lowest BCUT2D eigenvalue weighted by molar-refractivity contribution is -0.131. The Labute approximate surface area is 194 Å². The maximum Gasteiger partial charge on any atom is 0.407 e. The standard InChI is InChI=1S/C24H23N3O7/c1-32-20(22(28)25-10-19-21(23(29)30)27-13-34-19)11-26-24(31)33-12-18-16-8-4-2-6-14(16)15-7-3-5-9-17(15)18/h2-9,13,18,20H,10-12H2,1H3,(H,25,28)(H,26,31)(H,29,30). The van der Waals surface area contributed by atoms with Gasteiger partial charge < -0.3 is 29.6 Å². The predicted octanol–water partition coefficient (Wildman–Crippen LogP) is 2.54. The van der Waals surface area contributed by atoms with E-state index in [9.17, 15) is 14.4 Å². The summed E-state index contributed by atoms with van der Waals surface area (Å²) in [5.41, 5.74) is 4.16. The van der Waals surface area contributed by atoms with Crippen molar-refractivity contribution in [1.82, 2.24) is 15.6 Å². The zero-order valence-corrected chi connectivity index (χ0v) is 18.3. The number of oxazole rings is 1. The molecule has 0 radical (unpaired) electrons. The number of carboxylic acids is 1. The van der Waals surface area contributed by atoms with Crippen molar-refractivity contribution in [3.05, 3.63) is 77.5 Å². The Bertz CT molecular complexity index is 1160. The molecule has 4 rings (SSSR count). The van der Waals surface area contributed by atoms with Crippen molar-refractivity contribution in [2.24, 2.45) is 0 Å². The zero-order valence-electron chi connectivity index (χ0n) is 18.3. The Morgan fingerprint density at radius 2 is 1.71 bits per heavy atom. The first-order valence-corrected chi connectivity index (χ1v) is 10.5. The SMILES string of the molecule is COC(CNC(=O)OCC1c2ccccc2-c2ccccc21)C(=O)NCc1ocnc1C(=O)O. The van der Waals surface area contributed by atoms with Crippen molar-refractivity contribution in [3.8, 4) is 11.1 Å². The van der Waals surface area contributed by atoms with Crippen LogP contribution < -0.4 is 10.6 Å². The number of fused-ring (bicyclic) bond motifs is 3. The fraction of sp³-hybridized carbons (Fsp3) is 0.250. The third-order valence-electron chi connectivity index (χ3n) is 5.62. The van der Waals surface area contributed by atoms with Crippen LogP contribution in [0, 0.1) is 0 Å². The van der Waals surface area contributed by atoms with Crippen LogP contribution in [0.4, 0.5) is 4.79 Å².